The van der Waals surface area contributed by atoms with E-state index in [1.165, 1.54) is 13.0 Å². The number of hydrogen-bond donors (Lipinski definition) is 2. The lowest BCUT2D eigenvalue weighted by molar-refractivity contribution is -0.116. The first-order valence-corrected chi connectivity index (χ1v) is 7.95. The summed E-state index contributed by atoms with van der Waals surface area (Å²) in [6.07, 6.45) is 1.57. The second-order valence-electron chi connectivity index (χ2n) is 4.69. The van der Waals surface area contributed by atoms with Crippen LogP contribution in [0.4, 0.5) is 5.69 Å². The number of anilines is 1. The van der Waals surface area contributed by atoms with E-state index >= 15 is 0 Å². The van der Waals surface area contributed by atoms with Gasteiger partial charge in [-0.15, -0.1) is 0 Å². The molecule has 1 aromatic rings. The van der Waals surface area contributed by atoms with Gasteiger partial charge in [0, 0.05) is 25.7 Å². The van der Waals surface area contributed by atoms with Crippen molar-refractivity contribution in [3.8, 4) is 0 Å². The predicted molar refractivity (Wildman–Crippen MR) is 75.1 cm³/mol. The molecule has 20 heavy (non-hydrogen) atoms. The highest BCUT2D eigenvalue weighted by molar-refractivity contribution is 7.89. The number of aliphatic hydroxyl groups excluding tert-OH is 1. The molecule has 2 N–H and O–H groups in total. The minimum Gasteiger partial charge on any atom is -0.395 e. The van der Waals surface area contributed by atoms with Crippen LogP contribution >= 0.6 is 0 Å². The standard InChI is InChI=1S/C13H18N2O4S/c1-10(17)15-7-2-3-11-9-12(4-5-13(11)15)20(18,19)14-6-8-16/h4-5,9,14,16H,2-3,6-8H2,1H3. The van der Waals surface area contributed by atoms with E-state index in [1.54, 1.807) is 17.0 Å². The topological polar surface area (TPSA) is 86.7 Å². The Morgan fingerprint density at radius 2 is 2.20 bits per heavy atom. The number of aliphatic hydroxyl groups is 1. The van der Waals surface area contributed by atoms with Crippen molar-refractivity contribution in [2.24, 2.45) is 0 Å². The van der Waals surface area contributed by atoms with Crippen molar-refractivity contribution < 1.29 is 18.3 Å². The van der Waals surface area contributed by atoms with Crippen LogP contribution in [0.3, 0.4) is 0 Å². The smallest absolute Gasteiger partial charge is 0.240 e. The summed E-state index contributed by atoms with van der Waals surface area (Å²) >= 11 is 0. The molecule has 1 amide bonds. The Labute approximate surface area is 118 Å². The van der Waals surface area contributed by atoms with Crippen molar-refractivity contribution in [1.29, 1.82) is 0 Å². The molecule has 1 aromatic carbocycles. The average Bonchev–Trinajstić information content (AvgIpc) is 2.43. The molecule has 1 aliphatic heterocycles. The van der Waals surface area contributed by atoms with Crippen LogP contribution in [0, 0.1) is 0 Å². The molecule has 0 saturated heterocycles. The zero-order chi connectivity index (χ0) is 14.8. The summed E-state index contributed by atoms with van der Waals surface area (Å²) in [5.41, 5.74) is 1.64. The zero-order valence-corrected chi connectivity index (χ0v) is 12.1. The zero-order valence-electron chi connectivity index (χ0n) is 11.3. The van der Waals surface area contributed by atoms with Gasteiger partial charge in [0.15, 0.2) is 0 Å². The van der Waals surface area contributed by atoms with E-state index < -0.39 is 10.0 Å². The monoisotopic (exact) mass is 298 g/mol. The van der Waals surface area contributed by atoms with E-state index in [4.69, 9.17) is 5.11 Å². The Morgan fingerprint density at radius 3 is 2.85 bits per heavy atom. The van der Waals surface area contributed by atoms with Gasteiger partial charge < -0.3 is 10.0 Å². The Balaban J connectivity index is 2.35. The van der Waals surface area contributed by atoms with Gasteiger partial charge >= 0.3 is 0 Å². The van der Waals surface area contributed by atoms with Crippen molar-refractivity contribution in [1.82, 2.24) is 4.72 Å². The molecule has 1 aliphatic rings. The first-order chi connectivity index (χ1) is 9.45. The van der Waals surface area contributed by atoms with E-state index in [1.807, 2.05) is 0 Å². The fourth-order valence-corrected chi connectivity index (χ4v) is 3.40. The molecule has 0 aliphatic carbocycles. The Morgan fingerprint density at radius 1 is 1.45 bits per heavy atom. The second-order valence-corrected chi connectivity index (χ2v) is 6.45. The fraction of sp³-hybridized carbons (Fsp3) is 0.462. The molecule has 110 valence electrons. The number of rotatable bonds is 4. The van der Waals surface area contributed by atoms with Crippen molar-refractivity contribution in [3.05, 3.63) is 23.8 Å². The molecule has 0 radical (unpaired) electrons. The van der Waals surface area contributed by atoms with Gasteiger partial charge in [0.05, 0.1) is 11.5 Å². The molecule has 0 saturated carbocycles. The van der Waals surface area contributed by atoms with Gasteiger partial charge in [-0.05, 0) is 36.6 Å². The molecule has 0 bridgehead atoms. The maximum absolute atomic E-state index is 12.0. The first-order valence-electron chi connectivity index (χ1n) is 6.47. The summed E-state index contributed by atoms with van der Waals surface area (Å²) in [4.78, 5) is 13.4. The van der Waals surface area contributed by atoms with Crippen LogP contribution in [0.5, 0.6) is 0 Å². The lowest BCUT2D eigenvalue weighted by Gasteiger charge is -2.28. The number of fused-ring (bicyclic) bond motifs is 1. The van der Waals surface area contributed by atoms with Crippen LogP contribution in [0.2, 0.25) is 0 Å². The molecule has 1 heterocycles. The molecule has 0 aromatic heterocycles. The number of aryl methyl sites for hydroxylation is 1. The van der Waals surface area contributed by atoms with Crippen molar-refractivity contribution in [2.75, 3.05) is 24.6 Å². The van der Waals surface area contributed by atoms with Gasteiger partial charge in [0.2, 0.25) is 15.9 Å². The summed E-state index contributed by atoms with van der Waals surface area (Å²) < 4.78 is 26.3. The largest absolute Gasteiger partial charge is 0.395 e. The summed E-state index contributed by atoms with van der Waals surface area (Å²) in [7, 11) is -3.61. The lowest BCUT2D eigenvalue weighted by Crippen LogP contribution is -2.34. The quantitative estimate of drug-likeness (QED) is 0.834. The van der Waals surface area contributed by atoms with Crippen LogP contribution in [0.15, 0.2) is 23.1 Å². The normalized spacial score (nSPS) is 15.0. The van der Waals surface area contributed by atoms with E-state index in [-0.39, 0.29) is 24.0 Å². The van der Waals surface area contributed by atoms with Crippen molar-refractivity contribution in [2.45, 2.75) is 24.7 Å². The van der Waals surface area contributed by atoms with Crippen LogP contribution in [-0.4, -0.2) is 39.1 Å². The lowest BCUT2D eigenvalue weighted by atomic mass is 10.0. The van der Waals surface area contributed by atoms with Gasteiger partial charge in [-0.25, -0.2) is 13.1 Å². The molecular weight excluding hydrogens is 280 g/mol. The van der Waals surface area contributed by atoms with Crippen LogP contribution in [0.25, 0.3) is 0 Å². The first kappa shape index (κ1) is 15.0. The van der Waals surface area contributed by atoms with E-state index in [9.17, 15) is 13.2 Å². The van der Waals surface area contributed by atoms with Crippen molar-refractivity contribution in [3.63, 3.8) is 0 Å². The highest BCUT2D eigenvalue weighted by atomic mass is 32.2. The van der Waals surface area contributed by atoms with Gasteiger partial charge in [-0.1, -0.05) is 0 Å². The maximum Gasteiger partial charge on any atom is 0.240 e. The third kappa shape index (κ3) is 3.00. The molecule has 0 spiro atoms. The number of hydrogen-bond acceptors (Lipinski definition) is 4. The summed E-state index contributed by atoms with van der Waals surface area (Å²) in [5, 5.41) is 8.69. The van der Waals surface area contributed by atoms with E-state index in [0.29, 0.717) is 6.54 Å². The Hall–Kier alpha value is -1.44. The van der Waals surface area contributed by atoms with Gasteiger partial charge in [-0.3, -0.25) is 4.79 Å². The van der Waals surface area contributed by atoms with Crippen LogP contribution in [0.1, 0.15) is 18.9 Å². The van der Waals surface area contributed by atoms with Gasteiger partial charge in [0.25, 0.3) is 0 Å². The Kier molecular flexibility index (Phi) is 4.42. The van der Waals surface area contributed by atoms with Gasteiger partial charge in [-0.2, -0.15) is 0 Å². The molecule has 0 fully saturated rings. The minimum absolute atomic E-state index is 0.0149. The molecule has 0 unspecified atom stereocenters. The number of amides is 1. The number of carbonyl (C=O) groups is 1. The summed E-state index contributed by atoms with van der Waals surface area (Å²) in [5.74, 6) is -0.0417. The molecule has 0 atom stereocenters. The number of sulfonamides is 1. The third-order valence-electron chi connectivity index (χ3n) is 3.26. The number of benzene rings is 1. The Bertz CT molecular complexity index is 613. The minimum atomic E-state index is -3.61. The van der Waals surface area contributed by atoms with Gasteiger partial charge in [0.1, 0.15) is 0 Å². The highest BCUT2D eigenvalue weighted by Gasteiger charge is 2.22. The van der Waals surface area contributed by atoms with Crippen LogP contribution < -0.4 is 9.62 Å². The predicted octanol–water partition coefficient (Wildman–Crippen LogP) is 0.256. The maximum atomic E-state index is 12.0. The molecular formula is C13H18N2O4S. The van der Waals surface area contributed by atoms with Crippen molar-refractivity contribution >= 4 is 21.6 Å². The second kappa shape index (κ2) is 5.90. The molecule has 6 nitrogen and oxygen atoms in total. The summed E-state index contributed by atoms with van der Waals surface area (Å²) in [6, 6.07) is 4.76. The number of carbonyl (C=O) groups excluding carboxylic acids is 1. The highest BCUT2D eigenvalue weighted by Crippen LogP contribution is 2.29. The summed E-state index contributed by atoms with van der Waals surface area (Å²) in [6.45, 7) is 1.90. The number of nitrogens with zero attached hydrogens (tertiary/aromatic N) is 1. The number of nitrogens with one attached hydrogen (secondary N) is 1. The van der Waals surface area contributed by atoms with Crippen LogP contribution in [-0.2, 0) is 21.2 Å². The van der Waals surface area contributed by atoms with E-state index in [0.717, 1.165) is 24.1 Å². The third-order valence-corrected chi connectivity index (χ3v) is 4.72. The molecule has 7 heteroatoms. The molecule has 2 rings (SSSR count). The average molecular weight is 298 g/mol. The van der Waals surface area contributed by atoms with E-state index in [2.05, 4.69) is 4.72 Å². The SMILES string of the molecule is CC(=O)N1CCCc2cc(S(=O)(=O)NCCO)ccc21. The fourth-order valence-electron chi connectivity index (χ4n) is 2.33.